The van der Waals surface area contributed by atoms with Crippen molar-refractivity contribution in [1.82, 2.24) is 64.3 Å². The molecular formula is C101H135N17O18. The molecule has 35 nitrogen and oxygen atoms in total. The van der Waals surface area contributed by atoms with Gasteiger partial charge in [-0.05, 0) is 173 Å². The van der Waals surface area contributed by atoms with Crippen LogP contribution in [0.15, 0.2) is 113 Å². The maximum Gasteiger partial charge on any atom is 0.329 e. The Labute approximate surface area is 794 Å². The molecule has 6 N–H and O–H groups in total. The summed E-state index contributed by atoms with van der Waals surface area (Å²) in [7, 11) is 6.21. The van der Waals surface area contributed by atoms with Gasteiger partial charge in [-0.15, -0.1) is 0 Å². The van der Waals surface area contributed by atoms with Crippen molar-refractivity contribution in [3.8, 4) is 11.3 Å². The molecule has 7 aromatic rings. The second kappa shape index (κ2) is 45.2. The van der Waals surface area contributed by atoms with Crippen LogP contribution >= 0.6 is 0 Å². The zero-order valence-corrected chi connectivity index (χ0v) is 80.4. The minimum atomic E-state index is -2.46. The highest BCUT2D eigenvalue weighted by Gasteiger charge is 2.54. The number of fused-ring (bicyclic) bond motifs is 7. The number of oxazole rings is 1. The van der Waals surface area contributed by atoms with Gasteiger partial charge in [0.1, 0.15) is 53.8 Å². The Kier molecular flexibility index (Phi) is 33.1. The topological polar surface area (TPSA) is 426 Å². The number of hydrogen-bond acceptors (Lipinski definition) is 31. The van der Waals surface area contributed by atoms with Gasteiger partial charge in [0.15, 0.2) is 17.0 Å². The number of rotatable bonds is 21. The highest BCUT2D eigenvalue weighted by molar-refractivity contribution is 6.39. The summed E-state index contributed by atoms with van der Waals surface area (Å²) < 4.78 is 56.7. The normalized spacial score (nSPS) is 29.1. The Morgan fingerprint density at radius 1 is 0.699 bits per heavy atom. The van der Waals surface area contributed by atoms with Crippen molar-refractivity contribution in [2.75, 3.05) is 135 Å². The molecule has 15 rings (SSSR count). The number of amides is 3. The number of carbonyl (C=O) groups excluding carboxylic acids is 7. The number of carbonyl (C=O) groups is 7. The summed E-state index contributed by atoms with van der Waals surface area (Å²) >= 11 is 0. The molecule has 5 aromatic heterocycles. The Hall–Kier alpha value is -10.9. The number of esters is 2. The van der Waals surface area contributed by atoms with Crippen molar-refractivity contribution in [3.05, 3.63) is 142 Å². The molecular weight excluding hydrogens is 1740 g/mol. The van der Waals surface area contributed by atoms with Gasteiger partial charge in [-0.2, -0.15) is 10.1 Å². The second-order valence-corrected chi connectivity index (χ2v) is 38.6. The zero-order valence-electron chi connectivity index (χ0n) is 80.4. The highest BCUT2D eigenvalue weighted by atomic mass is 16.6. The van der Waals surface area contributed by atoms with E-state index in [1.165, 1.54) is 18.3 Å². The van der Waals surface area contributed by atoms with Gasteiger partial charge < -0.3 is 88.5 Å². The van der Waals surface area contributed by atoms with E-state index < -0.39 is 102 Å². The van der Waals surface area contributed by atoms with E-state index in [9.17, 15) is 39.0 Å². The van der Waals surface area contributed by atoms with Gasteiger partial charge in [-0.1, -0.05) is 89.3 Å². The third-order valence-corrected chi connectivity index (χ3v) is 29.3. The Morgan fingerprint density at radius 2 is 1.46 bits per heavy atom. The molecule has 5 fully saturated rings. The van der Waals surface area contributed by atoms with Crippen molar-refractivity contribution in [1.29, 1.82) is 0 Å². The van der Waals surface area contributed by atoms with Crippen LogP contribution < -0.4 is 21.3 Å². The Morgan fingerprint density at radius 3 is 2.23 bits per heavy atom. The third-order valence-electron chi connectivity index (χ3n) is 29.3. The minimum absolute atomic E-state index is 0.00503. The number of ether oxygens (including phenoxy) is 8. The van der Waals surface area contributed by atoms with Crippen LogP contribution in [-0.2, 0) is 99.0 Å². The molecule has 2 aliphatic carbocycles. The molecule has 17 atom stereocenters. The number of aliphatic hydroxyl groups is 2. The van der Waals surface area contributed by atoms with E-state index in [2.05, 4.69) is 57.8 Å². The number of ketones is 2. The van der Waals surface area contributed by atoms with Gasteiger partial charge in [0.05, 0.1) is 67.5 Å². The number of hydrogen-bond donors (Lipinski definition) is 4. The van der Waals surface area contributed by atoms with Crippen LogP contribution in [0.25, 0.3) is 33.4 Å². The molecule has 2 aromatic carbocycles. The fraction of sp³-hybridized carbons (Fsp3) is 0.594. The smallest absolute Gasteiger partial charge is 0.329 e. The molecule has 0 spiro atoms. The number of nitrogen functional groups attached to an aromatic ring is 2. The number of allylic oxidation sites excluding steroid dienone is 5. The maximum absolute atomic E-state index is 15.1. The van der Waals surface area contributed by atoms with Crippen molar-refractivity contribution in [3.63, 3.8) is 0 Å². The van der Waals surface area contributed by atoms with E-state index in [4.69, 9.17) is 68.8 Å². The quantitative estimate of drug-likeness (QED) is 0.0225. The molecule has 3 amide bonds. The molecule has 11 heterocycles. The van der Waals surface area contributed by atoms with E-state index in [1.807, 2.05) is 104 Å². The van der Waals surface area contributed by atoms with E-state index in [0.717, 1.165) is 58.7 Å². The Bertz CT molecular complexity index is 5510. The van der Waals surface area contributed by atoms with Gasteiger partial charge in [-0.25, -0.2) is 39.4 Å². The number of nitrogens with zero attached hydrogens (tertiary/aromatic N) is 15. The zero-order chi connectivity index (χ0) is 96.2. The molecule has 4 saturated heterocycles. The maximum atomic E-state index is 15.1. The number of aromatic nitrogens is 9. The van der Waals surface area contributed by atoms with Gasteiger partial charge in [0.2, 0.25) is 23.6 Å². The molecule has 35 heteroatoms. The largest absolute Gasteiger partial charge is 0.460 e. The number of Topliss-reactive ketones (excluding diaryl/α,β-unsaturated/α-hetero) is 2. The van der Waals surface area contributed by atoms with Crippen molar-refractivity contribution >= 4 is 87.1 Å². The number of aliphatic hydroxyl groups excluding tert-OH is 1. The lowest BCUT2D eigenvalue weighted by atomic mass is 9.78. The summed E-state index contributed by atoms with van der Waals surface area (Å²) in [4.78, 5) is 144. The number of methoxy groups -OCH3 is 4. The van der Waals surface area contributed by atoms with E-state index >= 15 is 4.79 Å². The molecule has 8 aliphatic rings. The van der Waals surface area contributed by atoms with Gasteiger partial charge in [-0.3, -0.25) is 33.7 Å². The monoisotopic (exact) mass is 1870 g/mol. The first-order valence-electron chi connectivity index (χ1n) is 48.5. The number of piperidine rings is 1. The average molecular weight is 1880 g/mol. The van der Waals surface area contributed by atoms with Crippen molar-refractivity contribution in [2.45, 2.75) is 231 Å². The molecule has 1 unspecified atom stereocenters. The molecule has 136 heavy (non-hydrogen) atoms. The first-order valence-corrected chi connectivity index (χ1v) is 48.5. The van der Waals surface area contributed by atoms with Crippen LogP contribution in [0.1, 0.15) is 177 Å². The summed E-state index contributed by atoms with van der Waals surface area (Å²) in [5, 5.41) is 29.7. The number of cyclic esters (lactones) is 1. The number of piperazine rings is 2. The SMILES string of the molecule is CO[C@H]1C[C@@H]2CC[C@@H](C)[C@@](O)(O2)C(=O)C(=O)N2CCCC[C@H]2C(=O)O[C@H]([C@H](C)C[C@@H]2CC[C@@H](OC(=O)C3CCc4nc(N5CCN(C(=O)CCOCCN6CCN(c7ncc(C(=O)N8CCc9cc(Cn%10nc(-c%11ccc%12oc(N)nc%12c%11)c%11c(N)ncnc%11%10)ccc9C8)cn7)CC6)CC5)ncc4C3)[C@H](OC)C2)C[C@@H](OC)[C@H](C)/C=C(\C)[C@@H](O)[C@@H](OC)C(=O)[C@H](C)C[C@H](C)/C=C/C=C/C=C/1C. The second-order valence-electron chi connectivity index (χ2n) is 38.6. The summed E-state index contributed by atoms with van der Waals surface area (Å²) in [6, 6.07) is 10.8. The van der Waals surface area contributed by atoms with Crippen LogP contribution in [-0.4, -0.2) is 290 Å². The van der Waals surface area contributed by atoms with E-state index in [0.29, 0.717) is 219 Å². The first-order chi connectivity index (χ1) is 65.5. The first kappa shape index (κ1) is 99.6. The molecule has 1 saturated carbocycles. The highest BCUT2D eigenvalue weighted by Crippen LogP contribution is 2.42. The third kappa shape index (κ3) is 23.4. The van der Waals surface area contributed by atoms with Crippen LogP contribution in [0.5, 0.6) is 0 Å². The standard InChI is InChI=1S/C101H135N17O18/c1-60-17-13-12-14-18-61(2)81(128-8)52-75-26-20-66(7)101(127,136-75)91(122)95(124)117-32-16-15-19-78(117)97(126)134-83(53-82(129-9)62(3)46-65(6)89(121)90(131-11)88(120)64(5)45-60)63(4)47-67-22-28-80(84(49-67)130-10)133-96(125)71-24-27-76-73(50-71)54-106-100(110-76)115-40-38-113(39-41-115)85(119)31-43-132-44-42-112-34-36-114(37-35-112)99-104-55-74(56-105-99)94(123)116-33-30-69-48-68(21-23-72(69)58-116)57-118-93-86(92(102)107-59-108-93)87(111-118)70-25-29-79-77(51-70)109-98(103)135-79/h12-14,17-18,21,23,25,29,46,48,51,54-56,59-60,62-64,66-67,71,75,78,80-84,89-90,121,127H,15-16,19-20,22,24,26-28,30-45,47,49-50,52-53,57-58H2,1-11H3,(H2,103,109)(H2,102,107,108)/b14-12+,17-13+,61-18+,65-46+/t60-,62-,63-,64-,66-,67+,71?,75+,78+,80-,81+,82-,83+,84-,89-,90+,101-/m1/s1. The van der Waals surface area contributed by atoms with Crippen LogP contribution in [0.4, 0.5) is 23.7 Å². The predicted octanol–water partition coefficient (Wildman–Crippen LogP) is 9.80. The average Bonchev–Trinajstić information content (AvgIpc) is 1.30. The number of benzene rings is 2. The van der Waals surface area contributed by atoms with Crippen LogP contribution in [0.2, 0.25) is 0 Å². The van der Waals surface area contributed by atoms with E-state index in [-0.39, 0.29) is 73.1 Å². The molecule has 732 valence electrons. The summed E-state index contributed by atoms with van der Waals surface area (Å²) in [6.07, 6.45) is 20.3. The fourth-order valence-electron chi connectivity index (χ4n) is 21.0. The Balaban J connectivity index is 0.488. The number of anilines is 4. The summed E-state index contributed by atoms with van der Waals surface area (Å²) in [5.41, 5.74) is 22.3. The lowest BCUT2D eigenvalue weighted by molar-refractivity contribution is -0.265. The van der Waals surface area contributed by atoms with Crippen LogP contribution in [0.3, 0.4) is 0 Å². The van der Waals surface area contributed by atoms with E-state index in [1.54, 1.807) is 53.6 Å². The predicted molar refractivity (Wildman–Crippen MR) is 508 cm³/mol. The van der Waals surface area contributed by atoms with Crippen LogP contribution in [0, 0.1) is 41.4 Å². The fourth-order valence-corrected chi connectivity index (χ4v) is 21.0. The molecule has 6 aliphatic heterocycles. The van der Waals surface area contributed by atoms with Crippen molar-refractivity contribution in [2.24, 2.45) is 41.4 Å². The summed E-state index contributed by atoms with van der Waals surface area (Å²) in [6.45, 7) is 21.4. The lowest BCUT2D eigenvalue weighted by Gasteiger charge is -2.43. The van der Waals surface area contributed by atoms with Gasteiger partial charge in [0, 0.05) is 167 Å². The van der Waals surface area contributed by atoms with Crippen molar-refractivity contribution < 1.29 is 86.1 Å². The summed E-state index contributed by atoms with van der Waals surface area (Å²) in [5.74, 6) is -6.66. The number of aryl methyl sites for hydroxylation is 1. The number of nitrogens with two attached hydrogens (primary N) is 2. The molecule has 2 bridgehead atoms. The van der Waals surface area contributed by atoms with Gasteiger partial charge >= 0.3 is 11.9 Å². The minimum Gasteiger partial charge on any atom is -0.460 e. The molecule has 0 radical (unpaired) electrons. The lowest BCUT2D eigenvalue weighted by Crippen LogP contribution is -2.61. The van der Waals surface area contributed by atoms with Gasteiger partial charge in [0.25, 0.3) is 23.6 Å².